The molecule has 0 saturated carbocycles. The number of aliphatic hydroxyl groups is 1. The van der Waals surface area contributed by atoms with E-state index in [1.54, 1.807) is 47.1 Å². The second-order valence-electron chi connectivity index (χ2n) is 5.45. The van der Waals surface area contributed by atoms with E-state index in [4.69, 9.17) is 0 Å². The van der Waals surface area contributed by atoms with Crippen molar-refractivity contribution in [2.45, 2.75) is 13.0 Å². The van der Waals surface area contributed by atoms with Crippen molar-refractivity contribution in [3.63, 3.8) is 0 Å². The Morgan fingerprint density at radius 2 is 2.17 bits per heavy atom. The molecule has 8 nitrogen and oxygen atoms in total. The third kappa shape index (κ3) is 3.18. The first-order valence-corrected chi connectivity index (χ1v) is 7.46. The number of aliphatic hydroxyl groups excluding tert-OH is 1. The molecule has 0 aliphatic carbocycles. The molecule has 3 rings (SSSR count). The number of hydrogen-bond donors (Lipinski definition) is 2. The molecule has 0 aliphatic rings. The molecule has 1 amide bonds. The fourth-order valence-electron chi connectivity index (χ4n) is 2.49. The lowest BCUT2D eigenvalue weighted by Crippen LogP contribution is -2.29. The van der Waals surface area contributed by atoms with Crippen LogP contribution in [0.1, 0.15) is 27.7 Å². The largest absolute Gasteiger partial charge is 0.385 e. The maximum absolute atomic E-state index is 12.3. The van der Waals surface area contributed by atoms with Crippen molar-refractivity contribution < 1.29 is 9.90 Å². The summed E-state index contributed by atoms with van der Waals surface area (Å²) in [5.41, 5.74) is 2.93. The summed E-state index contributed by atoms with van der Waals surface area (Å²) in [4.78, 5) is 16.2. The van der Waals surface area contributed by atoms with Crippen LogP contribution in [0.3, 0.4) is 0 Å². The summed E-state index contributed by atoms with van der Waals surface area (Å²) >= 11 is 0. The highest BCUT2D eigenvalue weighted by Gasteiger charge is 2.14. The van der Waals surface area contributed by atoms with Crippen LogP contribution in [0.2, 0.25) is 0 Å². The molecule has 8 heteroatoms. The molecule has 3 aromatic rings. The lowest BCUT2D eigenvalue weighted by atomic mass is 10.1. The summed E-state index contributed by atoms with van der Waals surface area (Å²) in [6.07, 6.45) is 3.86. The molecule has 0 aliphatic heterocycles. The Labute approximate surface area is 138 Å². The Balaban J connectivity index is 1.67. The number of nitrogens with one attached hydrogen (secondary N) is 1. The van der Waals surface area contributed by atoms with Crippen molar-refractivity contribution in [2.75, 3.05) is 6.54 Å². The summed E-state index contributed by atoms with van der Waals surface area (Å²) in [7, 11) is 1.74. The monoisotopic (exact) mass is 326 g/mol. The Morgan fingerprint density at radius 3 is 2.79 bits per heavy atom. The van der Waals surface area contributed by atoms with E-state index < -0.39 is 6.10 Å². The molecule has 1 atom stereocenters. The smallest absolute Gasteiger partial charge is 0.251 e. The highest BCUT2D eigenvalue weighted by atomic mass is 16.3. The van der Waals surface area contributed by atoms with Gasteiger partial charge >= 0.3 is 0 Å². The molecule has 1 aromatic carbocycles. The van der Waals surface area contributed by atoms with Crippen molar-refractivity contribution in [3.05, 3.63) is 59.9 Å². The van der Waals surface area contributed by atoms with Crippen LogP contribution in [0.25, 0.3) is 5.69 Å². The van der Waals surface area contributed by atoms with E-state index in [1.807, 2.05) is 13.0 Å². The van der Waals surface area contributed by atoms with E-state index in [0.717, 1.165) is 11.3 Å². The van der Waals surface area contributed by atoms with E-state index >= 15 is 0 Å². The van der Waals surface area contributed by atoms with Crippen LogP contribution in [-0.4, -0.2) is 42.1 Å². The zero-order valence-corrected chi connectivity index (χ0v) is 13.4. The molecule has 0 saturated heterocycles. The highest BCUT2D eigenvalue weighted by molar-refractivity contribution is 5.94. The molecule has 2 N–H and O–H groups in total. The van der Waals surface area contributed by atoms with Crippen molar-refractivity contribution in [1.82, 2.24) is 29.9 Å². The van der Waals surface area contributed by atoms with Crippen LogP contribution in [0.15, 0.2) is 43.1 Å². The molecule has 0 radical (unpaired) electrons. The quantitative estimate of drug-likeness (QED) is 0.722. The number of rotatable bonds is 5. The molecule has 1 unspecified atom stereocenters. The van der Waals surface area contributed by atoms with Crippen molar-refractivity contribution in [1.29, 1.82) is 0 Å². The standard InChI is InChI=1S/C16H18N6O2/c1-11-7-12(3-4-13(11)22-10-17-9-20-22)16(24)18-8-15(23)14-5-6-19-21(14)2/h3-7,9-10,15,23H,8H2,1-2H3,(H,18,24). The van der Waals surface area contributed by atoms with E-state index in [2.05, 4.69) is 20.5 Å². The molecule has 124 valence electrons. The van der Waals surface area contributed by atoms with Gasteiger partial charge in [-0.1, -0.05) is 0 Å². The van der Waals surface area contributed by atoms with Crippen molar-refractivity contribution >= 4 is 5.91 Å². The van der Waals surface area contributed by atoms with Gasteiger partial charge in [-0.05, 0) is 36.8 Å². The van der Waals surface area contributed by atoms with Gasteiger partial charge in [0.05, 0.1) is 11.4 Å². The average Bonchev–Trinajstić information content (AvgIpc) is 3.23. The Bertz CT molecular complexity index is 840. The Hall–Kier alpha value is -3.00. The second kappa shape index (κ2) is 6.63. The maximum atomic E-state index is 12.3. The van der Waals surface area contributed by atoms with Gasteiger partial charge in [-0.3, -0.25) is 9.48 Å². The van der Waals surface area contributed by atoms with Gasteiger partial charge in [-0.2, -0.15) is 10.2 Å². The Morgan fingerprint density at radius 1 is 1.33 bits per heavy atom. The normalized spacial score (nSPS) is 12.1. The fourth-order valence-corrected chi connectivity index (χ4v) is 2.49. The number of carbonyl (C=O) groups excluding carboxylic acids is 1. The molecular weight excluding hydrogens is 308 g/mol. The van der Waals surface area contributed by atoms with Gasteiger partial charge in [0.15, 0.2) is 0 Å². The molecule has 0 bridgehead atoms. The number of hydrogen-bond acceptors (Lipinski definition) is 5. The number of aromatic nitrogens is 5. The average molecular weight is 326 g/mol. The van der Waals surface area contributed by atoms with Crippen LogP contribution < -0.4 is 5.32 Å². The lowest BCUT2D eigenvalue weighted by molar-refractivity contribution is 0.0911. The van der Waals surface area contributed by atoms with Crippen LogP contribution in [0.4, 0.5) is 0 Å². The van der Waals surface area contributed by atoms with E-state index in [1.165, 1.54) is 6.33 Å². The van der Waals surface area contributed by atoms with Crippen molar-refractivity contribution in [3.8, 4) is 5.69 Å². The molecule has 24 heavy (non-hydrogen) atoms. The summed E-state index contributed by atoms with van der Waals surface area (Å²) < 4.78 is 3.22. The van der Waals surface area contributed by atoms with Crippen molar-refractivity contribution in [2.24, 2.45) is 7.05 Å². The summed E-state index contributed by atoms with van der Waals surface area (Å²) in [6, 6.07) is 7.03. The molecular formula is C16H18N6O2. The third-order valence-corrected chi connectivity index (χ3v) is 3.78. The van der Waals surface area contributed by atoms with Crippen LogP contribution in [-0.2, 0) is 7.05 Å². The first-order chi connectivity index (χ1) is 11.6. The number of amides is 1. The predicted octanol–water partition coefficient (Wildman–Crippen LogP) is 0.773. The maximum Gasteiger partial charge on any atom is 0.251 e. The number of aryl methyl sites for hydroxylation is 2. The summed E-state index contributed by atoms with van der Waals surface area (Å²) in [6.45, 7) is 2.01. The number of carbonyl (C=O) groups is 1. The minimum absolute atomic E-state index is 0.113. The zero-order valence-electron chi connectivity index (χ0n) is 13.4. The van der Waals surface area contributed by atoms with E-state index in [-0.39, 0.29) is 12.5 Å². The van der Waals surface area contributed by atoms with Gasteiger partial charge < -0.3 is 10.4 Å². The van der Waals surface area contributed by atoms with E-state index in [9.17, 15) is 9.90 Å². The van der Waals surface area contributed by atoms with Crippen LogP contribution >= 0.6 is 0 Å². The Kier molecular flexibility index (Phi) is 4.39. The minimum atomic E-state index is -0.808. The molecule has 0 fully saturated rings. The second-order valence-corrected chi connectivity index (χ2v) is 5.45. The summed E-state index contributed by atoms with van der Waals surface area (Å²) in [5, 5.41) is 20.9. The van der Waals surface area contributed by atoms with Crippen LogP contribution in [0, 0.1) is 6.92 Å². The SMILES string of the molecule is Cc1cc(C(=O)NCC(O)c2ccnn2C)ccc1-n1cncn1. The van der Waals surface area contributed by atoms with Gasteiger partial charge in [0.1, 0.15) is 18.8 Å². The van der Waals surface area contributed by atoms with Gasteiger partial charge in [0.2, 0.25) is 0 Å². The first-order valence-electron chi connectivity index (χ1n) is 7.46. The zero-order chi connectivity index (χ0) is 17.1. The topological polar surface area (TPSA) is 97.9 Å². The van der Waals surface area contributed by atoms with E-state index in [0.29, 0.717) is 11.3 Å². The molecule has 2 heterocycles. The van der Waals surface area contributed by atoms with Gasteiger partial charge in [-0.15, -0.1) is 0 Å². The third-order valence-electron chi connectivity index (χ3n) is 3.78. The van der Waals surface area contributed by atoms with Gasteiger partial charge in [-0.25, -0.2) is 9.67 Å². The first kappa shape index (κ1) is 15.9. The molecule has 0 spiro atoms. The van der Waals surface area contributed by atoms with Crippen LogP contribution in [0.5, 0.6) is 0 Å². The molecule has 2 aromatic heterocycles. The lowest BCUT2D eigenvalue weighted by Gasteiger charge is -2.13. The summed E-state index contributed by atoms with van der Waals surface area (Å²) in [5.74, 6) is -0.246. The number of benzene rings is 1. The fraction of sp³-hybridized carbons (Fsp3) is 0.250. The van der Waals surface area contributed by atoms with Gasteiger partial charge in [0, 0.05) is 25.4 Å². The number of nitrogens with zero attached hydrogens (tertiary/aromatic N) is 5. The predicted molar refractivity (Wildman–Crippen MR) is 86.6 cm³/mol. The minimum Gasteiger partial charge on any atom is -0.385 e. The van der Waals surface area contributed by atoms with Gasteiger partial charge in [0.25, 0.3) is 5.91 Å². The highest BCUT2D eigenvalue weighted by Crippen LogP contribution is 2.15.